The van der Waals surface area contributed by atoms with Gasteiger partial charge in [-0.25, -0.2) is 0 Å². The second kappa shape index (κ2) is 5.40. The zero-order valence-electron chi connectivity index (χ0n) is 8.49. The van der Waals surface area contributed by atoms with Crippen molar-refractivity contribution in [2.75, 3.05) is 7.05 Å². The van der Waals surface area contributed by atoms with E-state index < -0.39 is 0 Å². The highest BCUT2D eigenvalue weighted by Crippen LogP contribution is 2.01. The number of rotatable bonds is 4. The van der Waals surface area contributed by atoms with E-state index in [4.69, 9.17) is 4.74 Å². The first-order valence-corrected chi connectivity index (χ1v) is 4.62. The summed E-state index contributed by atoms with van der Waals surface area (Å²) in [4.78, 5) is 11.3. The Morgan fingerprint density at radius 1 is 1.50 bits per heavy atom. The molecule has 0 bridgehead atoms. The molecule has 1 rings (SSSR count). The topological polar surface area (TPSA) is 38.3 Å². The van der Waals surface area contributed by atoms with Crippen LogP contribution in [-0.4, -0.2) is 19.1 Å². The van der Waals surface area contributed by atoms with Gasteiger partial charge < -0.3 is 10.1 Å². The van der Waals surface area contributed by atoms with Crippen molar-refractivity contribution in [3.05, 3.63) is 35.9 Å². The van der Waals surface area contributed by atoms with Crippen LogP contribution in [0.25, 0.3) is 0 Å². The van der Waals surface area contributed by atoms with Crippen LogP contribution in [0.3, 0.4) is 0 Å². The van der Waals surface area contributed by atoms with Crippen molar-refractivity contribution >= 4 is 5.97 Å². The van der Waals surface area contributed by atoms with Gasteiger partial charge in [0.2, 0.25) is 0 Å². The molecule has 1 N–H and O–H groups in total. The van der Waals surface area contributed by atoms with Crippen LogP contribution in [0.2, 0.25) is 0 Å². The first-order valence-electron chi connectivity index (χ1n) is 4.62. The molecule has 0 heterocycles. The Morgan fingerprint density at radius 2 is 2.14 bits per heavy atom. The molecule has 14 heavy (non-hydrogen) atoms. The van der Waals surface area contributed by atoms with Crippen LogP contribution in [0.5, 0.6) is 0 Å². The molecule has 1 aromatic rings. The molecule has 3 heteroatoms. The molecule has 0 saturated carbocycles. The van der Waals surface area contributed by atoms with Gasteiger partial charge in [0, 0.05) is 1.43 Å². The van der Waals surface area contributed by atoms with Crippen LogP contribution in [-0.2, 0) is 16.1 Å². The fourth-order valence-corrected chi connectivity index (χ4v) is 0.972. The van der Waals surface area contributed by atoms with Gasteiger partial charge in [0.25, 0.3) is 0 Å². The third-order valence-electron chi connectivity index (χ3n) is 2.01. The fraction of sp³-hybridized carbons (Fsp3) is 0.364. The quantitative estimate of drug-likeness (QED) is 0.741. The van der Waals surface area contributed by atoms with Crippen molar-refractivity contribution in [2.45, 2.75) is 19.6 Å². The third-order valence-corrected chi connectivity index (χ3v) is 2.01. The molecule has 0 amide bonds. The highest BCUT2D eigenvalue weighted by Gasteiger charge is 2.10. The number of ether oxygens (including phenoxy) is 1. The van der Waals surface area contributed by atoms with E-state index in [1.54, 1.807) is 14.0 Å². The Morgan fingerprint density at radius 3 is 2.71 bits per heavy atom. The second-order valence-electron chi connectivity index (χ2n) is 3.10. The van der Waals surface area contributed by atoms with Crippen LogP contribution >= 0.6 is 0 Å². The van der Waals surface area contributed by atoms with Crippen molar-refractivity contribution in [3.8, 4) is 0 Å². The van der Waals surface area contributed by atoms with Gasteiger partial charge in [-0.1, -0.05) is 30.3 Å². The molecule has 1 atom stereocenters. The maximum Gasteiger partial charge on any atom is 0.323 e. The van der Waals surface area contributed by atoms with Gasteiger partial charge in [0.05, 0.1) is 0 Å². The molecule has 78 valence electrons. The summed E-state index contributed by atoms with van der Waals surface area (Å²) >= 11 is 0. The molecule has 3 nitrogen and oxygen atoms in total. The summed E-state index contributed by atoms with van der Waals surface area (Å²) in [5.41, 5.74) is 1.00. The number of likely N-dealkylation sites (N-methyl/N-ethyl adjacent to an activating group) is 1. The molecule has 0 radical (unpaired) electrons. The maximum absolute atomic E-state index is 11.3. The van der Waals surface area contributed by atoms with Crippen LogP contribution in [0.4, 0.5) is 0 Å². The van der Waals surface area contributed by atoms with E-state index in [-0.39, 0.29) is 13.4 Å². The predicted molar refractivity (Wildman–Crippen MR) is 56.9 cm³/mol. The number of hydrogen-bond acceptors (Lipinski definition) is 3. The molecule has 0 aliphatic rings. The standard InChI is InChI=1S/C11H15NO2.H2/c1-9(12-2)11(13)14-8-10-6-4-3-5-7-10;/h3-7,9,12H,8H2,1-2H3;1H/t9-;/m0./s1. The number of carbonyl (C=O) groups excluding carboxylic acids is 1. The second-order valence-corrected chi connectivity index (χ2v) is 3.10. The van der Waals surface area contributed by atoms with E-state index >= 15 is 0 Å². The number of hydrogen-bond donors (Lipinski definition) is 1. The highest BCUT2D eigenvalue weighted by atomic mass is 16.5. The van der Waals surface area contributed by atoms with Gasteiger partial charge in [-0.05, 0) is 19.5 Å². The zero-order valence-corrected chi connectivity index (χ0v) is 8.49. The van der Waals surface area contributed by atoms with E-state index in [9.17, 15) is 4.79 Å². The monoisotopic (exact) mass is 195 g/mol. The fourth-order valence-electron chi connectivity index (χ4n) is 0.972. The minimum absolute atomic E-state index is 0. The molecule has 0 unspecified atom stereocenters. The molecule has 0 aliphatic carbocycles. The molecule has 0 aliphatic heterocycles. The smallest absolute Gasteiger partial charge is 0.323 e. The van der Waals surface area contributed by atoms with Gasteiger partial charge in [0.15, 0.2) is 0 Å². The zero-order chi connectivity index (χ0) is 10.4. The Kier molecular flexibility index (Phi) is 4.13. The molecular weight excluding hydrogens is 178 g/mol. The van der Waals surface area contributed by atoms with Crippen LogP contribution in [0.1, 0.15) is 13.9 Å². The van der Waals surface area contributed by atoms with Crippen molar-refractivity contribution < 1.29 is 11.0 Å². The number of esters is 1. The van der Waals surface area contributed by atoms with E-state index in [2.05, 4.69) is 5.32 Å². The minimum Gasteiger partial charge on any atom is -0.460 e. The van der Waals surface area contributed by atoms with Crippen molar-refractivity contribution in [3.63, 3.8) is 0 Å². The Bertz CT molecular complexity index is 290. The van der Waals surface area contributed by atoms with Gasteiger partial charge in [0.1, 0.15) is 12.6 Å². The summed E-state index contributed by atoms with van der Waals surface area (Å²) in [6.45, 7) is 2.11. The lowest BCUT2D eigenvalue weighted by atomic mass is 10.2. The Balaban J connectivity index is 0.00000196. The average Bonchev–Trinajstić information content (AvgIpc) is 2.26. The van der Waals surface area contributed by atoms with Gasteiger partial charge in [-0.15, -0.1) is 0 Å². The van der Waals surface area contributed by atoms with E-state index in [0.717, 1.165) is 5.56 Å². The van der Waals surface area contributed by atoms with Crippen molar-refractivity contribution in [1.29, 1.82) is 0 Å². The van der Waals surface area contributed by atoms with Gasteiger partial charge in [-0.2, -0.15) is 0 Å². The van der Waals surface area contributed by atoms with E-state index in [1.165, 1.54) is 0 Å². The summed E-state index contributed by atoms with van der Waals surface area (Å²) in [5.74, 6) is -0.226. The lowest BCUT2D eigenvalue weighted by Gasteiger charge is -2.09. The summed E-state index contributed by atoms with van der Waals surface area (Å²) in [7, 11) is 1.73. The normalized spacial score (nSPS) is 12.1. The lowest BCUT2D eigenvalue weighted by molar-refractivity contribution is -0.146. The van der Waals surface area contributed by atoms with Gasteiger partial charge >= 0.3 is 5.97 Å². The van der Waals surface area contributed by atoms with Crippen LogP contribution in [0, 0.1) is 0 Å². The Labute approximate surface area is 85.6 Å². The summed E-state index contributed by atoms with van der Waals surface area (Å²) in [6.07, 6.45) is 0. The summed E-state index contributed by atoms with van der Waals surface area (Å²) in [6, 6.07) is 9.38. The first kappa shape index (κ1) is 10.7. The van der Waals surface area contributed by atoms with Crippen molar-refractivity contribution in [2.24, 2.45) is 0 Å². The molecule has 0 spiro atoms. The summed E-state index contributed by atoms with van der Waals surface area (Å²) < 4.78 is 5.08. The average molecular weight is 195 g/mol. The van der Waals surface area contributed by atoms with Crippen molar-refractivity contribution in [1.82, 2.24) is 5.32 Å². The minimum atomic E-state index is -0.251. The molecule has 0 fully saturated rings. The third kappa shape index (κ3) is 3.18. The van der Waals surface area contributed by atoms with E-state index in [0.29, 0.717) is 6.61 Å². The molecular formula is C11H17NO2. The highest BCUT2D eigenvalue weighted by molar-refractivity contribution is 5.75. The molecule has 0 aromatic heterocycles. The number of nitrogens with one attached hydrogen (secondary N) is 1. The summed E-state index contributed by atoms with van der Waals surface area (Å²) in [5, 5.41) is 2.83. The predicted octanol–water partition coefficient (Wildman–Crippen LogP) is 1.58. The first-order chi connectivity index (χ1) is 6.74. The van der Waals surface area contributed by atoms with E-state index in [1.807, 2.05) is 30.3 Å². The molecule has 0 saturated heterocycles. The SMILES string of the molecule is CN[C@@H](C)C(=O)OCc1ccccc1.[HH]. The van der Waals surface area contributed by atoms with Gasteiger partial charge in [-0.3, -0.25) is 4.79 Å². The maximum atomic E-state index is 11.3. The number of benzene rings is 1. The van der Waals surface area contributed by atoms with Crippen LogP contribution in [0.15, 0.2) is 30.3 Å². The Hall–Kier alpha value is -1.35. The van der Waals surface area contributed by atoms with Crippen LogP contribution < -0.4 is 5.32 Å². The lowest BCUT2D eigenvalue weighted by Crippen LogP contribution is -2.32. The largest absolute Gasteiger partial charge is 0.460 e. The number of carbonyl (C=O) groups is 1. The molecule has 1 aromatic carbocycles.